The standard InChI is InChI=1S/C15H26N2O2S/c1-11(2)8-12-14(19)17(9-13(18)16-12)10-15(20-3)6-4-5-7-15/h11-12H,4-10H2,1-3H3,(H,16,18). The van der Waals surface area contributed by atoms with Crippen molar-refractivity contribution in [2.45, 2.75) is 56.7 Å². The highest BCUT2D eigenvalue weighted by Gasteiger charge is 2.40. The second-order valence-electron chi connectivity index (χ2n) is 6.54. The molecule has 0 bridgehead atoms. The van der Waals surface area contributed by atoms with Crippen molar-refractivity contribution in [2.24, 2.45) is 5.92 Å². The molecule has 1 atom stereocenters. The number of hydrogen-bond acceptors (Lipinski definition) is 3. The van der Waals surface area contributed by atoms with Crippen LogP contribution in [-0.4, -0.2) is 46.8 Å². The zero-order valence-corrected chi connectivity index (χ0v) is 13.6. The van der Waals surface area contributed by atoms with Gasteiger partial charge in [0.1, 0.15) is 6.04 Å². The Hall–Kier alpha value is -0.710. The molecule has 2 fully saturated rings. The van der Waals surface area contributed by atoms with Crippen LogP contribution >= 0.6 is 11.8 Å². The quantitative estimate of drug-likeness (QED) is 0.845. The van der Waals surface area contributed by atoms with Gasteiger partial charge in [0.2, 0.25) is 11.8 Å². The number of nitrogens with zero attached hydrogens (tertiary/aromatic N) is 1. The number of hydrogen-bond donors (Lipinski definition) is 1. The molecule has 0 aromatic rings. The van der Waals surface area contributed by atoms with E-state index >= 15 is 0 Å². The number of rotatable bonds is 5. The van der Waals surface area contributed by atoms with Crippen LogP contribution in [0.5, 0.6) is 0 Å². The van der Waals surface area contributed by atoms with E-state index in [-0.39, 0.29) is 29.1 Å². The number of piperazine rings is 1. The van der Waals surface area contributed by atoms with E-state index in [0.717, 1.165) is 25.8 Å². The minimum atomic E-state index is -0.323. The third kappa shape index (κ3) is 3.48. The Kier molecular flexibility index (Phi) is 4.99. The second-order valence-corrected chi connectivity index (χ2v) is 7.81. The zero-order valence-electron chi connectivity index (χ0n) is 12.8. The first-order chi connectivity index (χ1) is 9.46. The predicted molar refractivity (Wildman–Crippen MR) is 82.7 cm³/mol. The molecule has 2 amide bonds. The summed E-state index contributed by atoms with van der Waals surface area (Å²) in [6, 6.07) is -0.323. The van der Waals surface area contributed by atoms with Crippen molar-refractivity contribution in [3.8, 4) is 0 Å². The Morgan fingerprint density at radius 2 is 2.00 bits per heavy atom. The van der Waals surface area contributed by atoms with Gasteiger partial charge in [0.05, 0.1) is 6.54 Å². The summed E-state index contributed by atoms with van der Waals surface area (Å²) in [7, 11) is 0. The van der Waals surface area contributed by atoms with Crippen molar-refractivity contribution in [3.63, 3.8) is 0 Å². The summed E-state index contributed by atoms with van der Waals surface area (Å²) in [6.07, 6.45) is 7.66. The first-order valence-electron chi connectivity index (χ1n) is 7.59. The molecule has 2 aliphatic rings. The van der Waals surface area contributed by atoms with E-state index < -0.39 is 0 Å². The zero-order chi connectivity index (χ0) is 14.8. The highest BCUT2D eigenvalue weighted by molar-refractivity contribution is 8.00. The average molecular weight is 298 g/mol. The Morgan fingerprint density at radius 3 is 2.55 bits per heavy atom. The Morgan fingerprint density at radius 1 is 1.35 bits per heavy atom. The molecule has 0 aromatic carbocycles. The fourth-order valence-electron chi connectivity index (χ4n) is 3.33. The smallest absolute Gasteiger partial charge is 0.245 e. The van der Waals surface area contributed by atoms with Crippen LogP contribution in [0.4, 0.5) is 0 Å². The second kappa shape index (κ2) is 6.37. The molecule has 1 N–H and O–H groups in total. The lowest BCUT2D eigenvalue weighted by molar-refractivity contribution is -0.145. The minimum Gasteiger partial charge on any atom is -0.343 e. The van der Waals surface area contributed by atoms with Crippen LogP contribution < -0.4 is 5.32 Å². The molecular weight excluding hydrogens is 272 g/mol. The molecule has 4 nitrogen and oxygen atoms in total. The Bertz CT molecular complexity index is 378. The SMILES string of the molecule is CSC1(CN2CC(=O)NC(CC(C)C)C2=O)CCCC1. The number of carbonyl (C=O) groups excluding carboxylic acids is 2. The molecule has 1 aliphatic heterocycles. The topological polar surface area (TPSA) is 49.4 Å². The van der Waals surface area contributed by atoms with Crippen LogP contribution in [0.25, 0.3) is 0 Å². The molecule has 5 heteroatoms. The van der Waals surface area contributed by atoms with Crippen LogP contribution in [-0.2, 0) is 9.59 Å². The highest BCUT2D eigenvalue weighted by atomic mass is 32.2. The van der Waals surface area contributed by atoms with Gasteiger partial charge < -0.3 is 10.2 Å². The molecule has 114 valence electrons. The van der Waals surface area contributed by atoms with E-state index in [1.165, 1.54) is 12.8 Å². The Labute approximate surface area is 126 Å². The first-order valence-corrected chi connectivity index (χ1v) is 8.81. The molecule has 1 unspecified atom stereocenters. The summed E-state index contributed by atoms with van der Waals surface area (Å²) in [4.78, 5) is 26.2. The molecule has 20 heavy (non-hydrogen) atoms. The molecule has 0 radical (unpaired) electrons. The summed E-state index contributed by atoms with van der Waals surface area (Å²) in [5, 5.41) is 2.85. The van der Waals surface area contributed by atoms with Crippen molar-refractivity contribution in [1.29, 1.82) is 0 Å². The number of thioether (sulfide) groups is 1. The van der Waals surface area contributed by atoms with Gasteiger partial charge in [-0.3, -0.25) is 9.59 Å². The van der Waals surface area contributed by atoms with Gasteiger partial charge in [0, 0.05) is 11.3 Å². The van der Waals surface area contributed by atoms with Crippen molar-refractivity contribution >= 4 is 23.6 Å². The van der Waals surface area contributed by atoms with Gasteiger partial charge in [-0.05, 0) is 31.4 Å². The van der Waals surface area contributed by atoms with E-state index in [1.807, 2.05) is 11.8 Å². The molecule has 1 aliphatic carbocycles. The molecule has 2 rings (SSSR count). The average Bonchev–Trinajstić information content (AvgIpc) is 2.83. The van der Waals surface area contributed by atoms with Crippen LogP contribution in [0.15, 0.2) is 0 Å². The highest BCUT2D eigenvalue weighted by Crippen LogP contribution is 2.41. The van der Waals surface area contributed by atoms with Gasteiger partial charge >= 0.3 is 0 Å². The summed E-state index contributed by atoms with van der Waals surface area (Å²) in [5.41, 5.74) is 0. The maximum atomic E-state index is 12.6. The molecular formula is C15H26N2O2S. The third-order valence-electron chi connectivity index (χ3n) is 4.41. The number of carbonyl (C=O) groups is 2. The minimum absolute atomic E-state index is 0.00972. The molecule has 0 spiro atoms. The van der Waals surface area contributed by atoms with Crippen LogP contribution in [0.1, 0.15) is 46.0 Å². The van der Waals surface area contributed by atoms with Gasteiger partial charge in [0.15, 0.2) is 0 Å². The Balaban J connectivity index is 2.05. The summed E-state index contributed by atoms with van der Waals surface area (Å²) in [5.74, 6) is 0.508. The van der Waals surface area contributed by atoms with Crippen molar-refractivity contribution in [1.82, 2.24) is 10.2 Å². The van der Waals surface area contributed by atoms with E-state index in [4.69, 9.17) is 0 Å². The lowest BCUT2D eigenvalue weighted by atomic mass is 9.99. The lowest BCUT2D eigenvalue weighted by Crippen LogP contribution is -2.60. The maximum absolute atomic E-state index is 12.6. The van der Waals surface area contributed by atoms with Gasteiger partial charge in [-0.2, -0.15) is 11.8 Å². The van der Waals surface area contributed by atoms with E-state index in [9.17, 15) is 9.59 Å². The molecule has 0 aromatic heterocycles. The van der Waals surface area contributed by atoms with Gasteiger partial charge in [-0.25, -0.2) is 0 Å². The van der Waals surface area contributed by atoms with E-state index in [1.54, 1.807) is 4.90 Å². The van der Waals surface area contributed by atoms with Gasteiger partial charge in [-0.15, -0.1) is 0 Å². The van der Waals surface area contributed by atoms with Crippen LogP contribution in [0, 0.1) is 5.92 Å². The number of amides is 2. The monoisotopic (exact) mass is 298 g/mol. The predicted octanol–water partition coefficient (Wildman–Crippen LogP) is 2.04. The third-order valence-corrected chi connectivity index (χ3v) is 5.82. The largest absolute Gasteiger partial charge is 0.343 e. The van der Waals surface area contributed by atoms with Gasteiger partial charge in [0.25, 0.3) is 0 Å². The maximum Gasteiger partial charge on any atom is 0.245 e. The summed E-state index contributed by atoms with van der Waals surface area (Å²) in [6.45, 7) is 5.13. The van der Waals surface area contributed by atoms with E-state index in [2.05, 4.69) is 25.4 Å². The van der Waals surface area contributed by atoms with Crippen molar-refractivity contribution in [2.75, 3.05) is 19.3 Å². The lowest BCUT2D eigenvalue weighted by Gasteiger charge is -2.39. The summed E-state index contributed by atoms with van der Waals surface area (Å²) < 4.78 is 0.176. The van der Waals surface area contributed by atoms with E-state index in [0.29, 0.717) is 5.92 Å². The van der Waals surface area contributed by atoms with Gasteiger partial charge in [-0.1, -0.05) is 26.7 Å². The molecule has 1 saturated heterocycles. The number of nitrogens with one attached hydrogen (secondary N) is 1. The van der Waals surface area contributed by atoms with Crippen molar-refractivity contribution < 1.29 is 9.59 Å². The fraction of sp³-hybridized carbons (Fsp3) is 0.867. The molecule has 1 saturated carbocycles. The van der Waals surface area contributed by atoms with Crippen molar-refractivity contribution in [3.05, 3.63) is 0 Å². The molecule has 1 heterocycles. The fourth-order valence-corrected chi connectivity index (χ4v) is 4.31. The summed E-state index contributed by atoms with van der Waals surface area (Å²) >= 11 is 1.87. The first kappa shape index (κ1) is 15.7. The normalized spacial score (nSPS) is 26.2. The van der Waals surface area contributed by atoms with Crippen LogP contribution in [0.2, 0.25) is 0 Å². The van der Waals surface area contributed by atoms with Crippen LogP contribution in [0.3, 0.4) is 0 Å².